The zero-order chi connectivity index (χ0) is 16.6. The average Bonchev–Trinajstić information content (AvgIpc) is 2.85. The Balaban J connectivity index is 1.87. The molecule has 0 saturated heterocycles. The van der Waals surface area contributed by atoms with Gasteiger partial charge in [0.1, 0.15) is 11.8 Å². The van der Waals surface area contributed by atoms with Crippen LogP contribution < -0.4 is 0 Å². The molecule has 1 amide bonds. The lowest BCUT2D eigenvalue weighted by Gasteiger charge is -2.34. The third-order valence-corrected chi connectivity index (χ3v) is 4.36. The normalized spacial score (nSPS) is 17.0. The van der Waals surface area contributed by atoms with Gasteiger partial charge in [0.15, 0.2) is 0 Å². The van der Waals surface area contributed by atoms with Gasteiger partial charge in [-0.3, -0.25) is 4.79 Å². The number of hydrogen-bond donors (Lipinski definition) is 1. The number of carbonyl (C=O) groups excluding carboxylic acids is 1. The zero-order valence-electron chi connectivity index (χ0n) is 13.1. The number of hydrogen-bond acceptors (Lipinski definition) is 4. The molecule has 23 heavy (non-hydrogen) atoms. The van der Waals surface area contributed by atoms with Gasteiger partial charge in [0.2, 0.25) is 5.91 Å². The number of nitrogens with zero attached hydrogens (tertiary/aromatic N) is 2. The lowest BCUT2D eigenvalue weighted by atomic mass is 9.93. The van der Waals surface area contributed by atoms with E-state index in [1.54, 1.807) is 13.8 Å². The van der Waals surface area contributed by atoms with Crippen molar-refractivity contribution in [2.75, 3.05) is 0 Å². The fourth-order valence-electron chi connectivity index (χ4n) is 3.01. The van der Waals surface area contributed by atoms with E-state index >= 15 is 0 Å². The standard InChI is InChI=1S/C17H18N2O4/c1-10-14(11(2)23-18-10)8-16(20)19-9-13-6-4-3-5-12(13)7-15(19)17(21)22/h3-6,15H,7-9H2,1-2H3,(H,21,22)/t15-/m1/s1. The van der Waals surface area contributed by atoms with E-state index in [1.807, 2.05) is 24.3 Å². The van der Waals surface area contributed by atoms with E-state index in [2.05, 4.69) is 5.16 Å². The van der Waals surface area contributed by atoms with Gasteiger partial charge in [-0.05, 0) is 25.0 Å². The Morgan fingerprint density at radius 3 is 2.61 bits per heavy atom. The Bertz CT molecular complexity index is 746. The molecular weight excluding hydrogens is 296 g/mol. The Labute approximate surface area is 133 Å². The van der Waals surface area contributed by atoms with Gasteiger partial charge in [0.05, 0.1) is 12.1 Å². The van der Waals surface area contributed by atoms with Gasteiger partial charge in [-0.15, -0.1) is 0 Å². The second kappa shape index (κ2) is 5.87. The third kappa shape index (κ3) is 2.84. The molecule has 0 aliphatic carbocycles. The highest BCUT2D eigenvalue weighted by Crippen LogP contribution is 2.25. The predicted octanol–water partition coefficient (Wildman–Crippen LogP) is 1.87. The minimum atomic E-state index is -0.980. The van der Waals surface area contributed by atoms with Crippen LogP contribution in [0.5, 0.6) is 0 Å². The van der Waals surface area contributed by atoms with Gasteiger partial charge < -0.3 is 14.5 Å². The van der Waals surface area contributed by atoms with Crippen LogP contribution in [-0.4, -0.2) is 33.1 Å². The molecule has 1 aromatic carbocycles. The molecule has 120 valence electrons. The number of carboxylic acids is 1. The number of amides is 1. The summed E-state index contributed by atoms with van der Waals surface area (Å²) in [6.07, 6.45) is 0.436. The first-order chi connectivity index (χ1) is 11.0. The minimum Gasteiger partial charge on any atom is -0.480 e. The van der Waals surface area contributed by atoms with Crippen molar-refractivity contribution in [3.05, 3.63) is 52.4 Å². The smallest absolute Gasteiger partial charge is 0.326 e. The van der Waals surface area contributed by atoms with Gasteiger partial charge >= 0.3 is 5.97 Å². The summed E-state index contributed by atoms with van der Waals surface area (Å²) in [6, 6.07) is 6.80. The molecule has 0 unspecified atom stereocenters. The molecule has 6 nitrogen and oxygen atoms in total. The minimum absolute atomic E-state index is 0.104. The van der Waals surface area contributed by atoms with Crippen molar-refractivity contribution >= 4 is 11.9 Å². The van der Waals surface area contributed by atoms with Crippen LogP contribution in [0.15, 0.2) is 28.8 Å². The zero-order valence-corrected chi connectivity index (χ0v) is 13.1. The van der Waals surface area contributed by atoms with Gasteiger partial charge in [0, 0.05) is 18.5 Å². The maximum absolute atomic E-state index is 12.7. The van der Waals surface area contributed by atoms with E-state index in [4.69, 9.17) is 4.52 Å². The van der Waals surface area contributed by atoms with Crippen LogP contribution in [0.4, 0.5) is 0 Å². The van der Waals surface area contributed by atoms with Crippen LogP contribution in [0.3, 0.4) is 0 Å². The molecule has 0 bridgehead atoms. The molecular formula is C17H18N2O4. The van der Waals surface area contributed by atoms with Crippen molar-refractivity contribution in [2.24, 2.45) is 0 Å². The van der Waals surface area contributed by atoms with E-state index in [0.29, 0.717) is 24.4 Å². The molecule has 6 heteroatoms. The highest BCUT2D eigenvalue weighted by atomic mass is 16.5. The second-order valence-electron chi connectivity index (χ2n) is 5.83. The van der Waals surface area contributed by atoms with Crippen LogP contribution in [-0.2, 0) is 29.0 Å². The highest BCUT2D eigenvalue weighted by molar-refractivity contribution is 5.86. The molecule has 0 fully saturated rings. The Hall–Kier alpha value is -2.63. The summed E-state index contributed by atoms with van der Waals surface area (Å²) in [6.45, 7) is 3.84. The quantitative estimate of drug-likeness (QED) is 0.935. The fourth-order valence-corrected chi connectivity index (χ4v) is 3.01. The summed E-state index contributed by atoms with van der Waals surface area (Å²) < 4.78 is 5.08. The van der Waals surface area contributed by atoms with Crippen LogP contribution >= 0.6 is 0 Å². The predicted molar refractivity (Wildman–Crippen MR) is 81.8 cm³/mol. The number of rotatable bonds is 3. The topological polar surface area (TPSA) is 83.6 Å². The van der Waals surface area contributed by atoms with Gasteiger partial charge in [-0.2, -0.15) is 0 Å². The van der Waals surface area contributed by atoms with E-state index in [-0.39, 0.29) is 12.3 Å². The Morgan fingerprint density at radius 1 is 1.30 bits per heavy atom. The molecule has 1 aliphatic heterocycles. The summed E-state index contributed by atoms with van der Waals surface area (Å²) >= 11 is 0. The average molecular weight is 314 g/mol. The van der Waals surface area contributed by atoms with Gasteiger partial charge in [-0.25, -0.2) is 4.79 Å². The first-order valence-corrected chi connectivity index (χ1v) is 7.48. The SMILES string of the molecule is Cc1noc(C)c1CC(=O)N1Cc2ccccc2C[C@@H]1C(=O)O. The number of carboxylic acid groups (broad SMARTS) is 1. The van der Waals surface area contributed by atoms with Crippen molar-refractivity contribution < 1.29 is 19.2 Å². The molecule has 1 N–H and O–H groups in total. The first kappa shape index (κ1) is 15.3. The van der Waals surface area contributed by atoms with E-state index < -0.39 is 12.0 Å². The van der Waals surface area contributed by atoms with E-state index in [0.717, 1.165) is 16.7 Å². The van der Waals surface area contributed by atoms with Crippen LogP contribution in [0.1, 0.15) is 28.1 Å². The Kier molecular flexibility index (Phi) is 3.90. The maximum Gasteiger partial charge on any atom is 0.326 e. The monoisotopic (exact) mass is 314 g/mol. The molecule has 0 spiro atoms. The molecule has 1 aromatic heterocycles. The van der Waals surface area contributed by atoms with Gasteiger partial charge in [0.25, 0.3) is 0 Å². The molecule has 3 rings (SSSR count). The van der Waals surface area contributed by atoms with Crippen LogP contribution in [0, 0.1) is 13.8 Å². The lowest BCUT2D eigenvalue weighted by molar-refractivity contribution is -0.151. The van der Waals surface area contributed by atoms with Crippen molar-refractivity contribution in [1.29, 1.82) is 0 Å². The number of aryl methyl sites for hydroxylation is 2. The lowest BCUT2D eigenvalue weighted by Crippen LogP contribution is -2.49. The number of aromatic nitrogens is 1. The number of fused-ring (bicyclic) bond motifs is 1. The largest absolute Gasteiger partial charge is 0.480 e. The van der Waals surface area contributed by atoms with Crippen molar-refractivity contribution in [3.63, 3.8) is 0 Å². The first-order valence-electron chi connectivity index (χ1n) is 7.48. The summed E-state index contributed by atoms with van der Waals surface area (Å²) in [4.78, 5) is 25.7. The molecule has 2 heterocycles. The number of aliphatic carboxylic acids is 1. The van der Waals surface area contributed by atoms with Crippen LogP contribution in [0.2, 0.25) is 0 Å². The van der Waals surface area contributed by atoms with Crippen molar-refractivity contribution in [2.45, 2.75) is 39.3 Å². The summed E-state index contributed by atoms with van der Waals surface area (Å²) in [7, 11) is 0. The van der Waals surface area contributed by atoms with Gasteiger partial charge in [-0.1, -0.05) is 29.4 Å². The number of carbonyl (C=O) groups is 2. The Morgan fingerprint density at radius 2 is 2.00 bits per heavy atom. The fraction of sp³-hybridized carbons (Fsp3) is 0.353. The molecule has 0 radical (unpaired) electrons. The van der Waals surface area contributed by atoms with E-state index in [1.165, 1.54) is 4.90 Å². The highest BCUT2D eigenvalue weighted by Gasteiger charge is 2.34. The maximum atomic E-state index is 12.7. The molecule has 0 saturated carbocycles. The summed E-state index contributed by atoms with van der Waals surface area (Å²) in [5.41, 5.74) is 3.39. The summed E-state index contributed by atoms with van der Waals surface area (Å²) in [5.74, 6) is -0.604. The van der Waals surface area contributed by atoms with Crippen LogP contribution in [0.25, 0.3) is 0 Å². The number of benzene rings is 1. The summed E-state index contributed by atoms with van der Waals surface area (Å²) in [5, 5.41) is 13.3. The second-order valence-corrected chi connectivity index (χ2v) is 5.83. The molecule has 1 atom stereocenters. The molecule has 1 aliphatic rings. The van der Waals surface area contributed by atoms with Crippen molar-refractivity contribution in [3.8, 4) is 0 Å². The third-order valence-electron chi connectivity index (χ3n) is 4.36. The molecule has 2 aromatic rings. The van der Waals surface area contributed by atoms with Crippen molar-refractivity contribution in [1.82, 2.24) is 10.1 Å². The van der Waals surface area contributed by atoms with E-state index in [9.17, 15) is 14.7 Å².